The Balaban J connectivity index is 2.07. The van der Waals surface area contributed by atoms with Crippen LogP contribution in [0.15, 0.2) is 47.4 Å². The second-order valence-electron chi connectivity index (χ2n) is 5.26. The van der Waals surface area contributed by atoms with E-state index in [9.17, 15) is 21.6 Å². The third kappa shape index (κ3) is 2.93. The molecule has 2 aromatic carbocycles. The van der Waals surface area contributed by atoms with Crippen molar-refractivity contribution in [1.82, 2.24) is 0 Å². The van der Waals surface area contributed by atoms with E-state index in [1.165, 1.54) is 10.4 Å². The summed E-state index contributed by atoms with van der Waals surface area (Å²) in [6, 6.07) is 11.7. The molecule has 0 amide bonds. The number of hydrogen-bond acceptors (Lipinski definition) is 2. The van der Waals surface area contributed by atoms with Crippen LogP contribution in [0.4, 0.5) is 18.9 Å². The van der Waals surface area contributed by atoms with Crippen molar-refractivity contribution in [2.75, 3.05) is 10.8 Å². The molecule has 0 bridgehead atoms. The third-order valence-electron chi connectivity index (χ3n) is 3.75. The average molecular weight is 340 g/mol. The van der Waals surface area contributed by atoms with Crippen LogP contribution in [-0.2, 0) is 22.6 Å². The fraction of sp³-hybridized carbons (Fsp3) is 0.250. The molecule has 1 heterocycles. The van der Waals surface area contributed by atoms with Crippen LogP contribution in [0.2, 0.25) is 0 Å². The Labute approximate surface area is 132 Å². The lowest BCUT2D eigenvalue weighted by atomic mass is 10.0. The van der Waals surface area contributed by atoms with Gasteiger partial charge in [0.15, 0.2) is 0 Å². The van der Waals surface area contributed by atoms with Gasteiger partial charge in [0.05, 0.1) is 16.1 Å². The molecule has 0 saturated heterocycles. The maximum Gasteiger partial charge on any atom is 0.416 e. The Hall–Kier alpha value is -2.02. The maximum atomic E-state index is 12.8. The first kappa shape index (κ1) is 15.9. The van der Waals surface area contributed by atoms with E-state index in [-0.39, 0.29) is 11.4 Å². The number of hydrogen-bond donors (Lipinski definition) is 0. The van der Waals surface area contributed by atoms with E-state index in [1.54, 1.807) is 18.2 Å². The summed E-state index contributed by atoms with van der Waals surface area (Å²) in [7, 11) is -4.04. The first-order valence-electron chi connectivity index (χ1n) is 6.99. The van der Waals surface area contributed by atoms with Gasteiger partial charge in [-0.2, -0.15) is 13.2 Å². The molecule has 0 saturated carbocycles. The normalized spacial score (nSPS) is 15.3. The fourth-order valence-electron chi connectivity index (χ4n) is 2.64. The highest BCUT2D eigenvalue weighted by molar-refractivity contribution is 7.92. The number of halogens is 3. The molecule has 0 spiro atoms. The lowest BCUT2D eigenvalue weighted by Gasteiger charge is -2.30. The van der Waals surface area contributed by atoms with Gasteiger partial charge < -0.3 is 0 Å². The molecule has 0 unspecified atom stereocenters. The molecule has 0 fully saturated rings. The van der Waals surface area contributed by atoms with Crippen LogP contribution in [0.3, 0.4) is 0 Å². The topological polar surface area (TPSA) is 37.4 Å². The molecule has 1 radical (unpaired) electrons. The van der Waals surface area contributed by atoms with Crippen LogP contribution >= 0.6 is 0 Å². The van der Waals surface area contributed by atoms with Crippen LogP contribution in [0.5, 0.6) is 0 Å². The lowest BCUT2D eigenvalue weighted by Crippen LogP contribution is -2.35. The lowest BCUT2D eigenvalue weighted by molar-refractivity contribution is -0.137. The standard InChI is InChI=1S/C16H13F3NO2S/c17-16(18,19)13-7-3-8-14(11-13)23(21,22)20-10-4-6-12-5-1-2-9-15(12)20/h2-3,5,7-9,11H,4,6,10H2. The van der Waals surface area contributed by atoms with Crippen molar-refractivity contribution < 1.29 is 21.6 Å². The molecule has 3 rings (SSSR count). The summed E-state index contributed by atoms with van der Waals surface area (Å²) in [5.41, 5.74) is 0.360. The summed E-state index contributed by atoms with van der Waals surface area (Å²) >= 11 is 0. The Bertz CT molecular complexity index is 831. The van der Waals surface area contributed by atoms with Crippen LogP contribution in [-0.4, -0.2) is 15.0 Å². The number of aryl methyl sites for hydroxylation is 1. The van der Waals surface area contributed by atoms with Crippen LogP contribution < -0.4 is 4.31 Å². The predicted octanol–water partition coefficient (Wildman–Crippen LogP) is 3.65. The number of sulfonamides is 1. The zero-order valence-corrected chi connectivity index (χ0v) is 12.8. The minimum atomic E-state index is -4.58. The molecule has 3 nitrogen and oxygen atoms in total. The summed E-state index contributed by atoms with van der Waals surface area (Å²) < 4.78 is 65.2. The largest absolute Gasteiger partial charge is 0.416 e. The molecule has 23 heavy (non-hydrogen) atoms. The van der Waals surface area contributed by atoms with Gasteiger partial charge in [-0.25, -0.2) is 8.42 Å². The maximum absolute atomic E-state index is 12.8. The van der Waals surface area contributed by atoms with Gasteiger partial charge in [-0.1, -0.05) is 12.1 Å². The SMILES string of the molecule is O=S(=O)(c1cccc(C(F)(F)F)c1)N1CCCc2c[c]ccc21. The van der Waals surface area contributed by atoms with Crippen molar-refractivity contribution in [3.05, 3.63) is 59.7 Å². The van der Waals surface area contributed by atoms with Crippen LogP contribution in [0, 0.1) is 6.07 Å². The summed E-state index contributed by atoms with van der Waals surface area (Å²) in [6.45, 7) is 0.246. The monoisotopic (exact) mass is 340 g/mol. The fourth-order valence-corrected chi connectivity index (χ4v) is 4.23. The number of nitrogens with zero attached hydrogens (tertiary/aromatic N) is 1. The number of anilines is 1. The first-order valence-corrected chi connectivity index (χ1v) is 8.43. The third-order valence-corrected chi connectivity index (χ3v) is 5.56. The number of fused-ring (bicyclic) bond motifs is 1. The highest BCUT2D eigenvalue weighted by Crippen LogP contribution is 2.34. The molecule has 0 aliphatic carbocycles. The van der Waals surface area contributed by atoms with Gasteiger partial charge in [0.25, 0.3) is 10.0 Å². The van der Waals surface area contributed by atoms with Crippen molar-refractivity contribution >= 4 is 15.7 Å². The van der Waals surface area contributed by atoms with Crippen molar-refractivity contribution in [3.8, 4) is 0 Å². The molecule has 1 aliphatic heterocycles. The predicted molar refractivity (Wildman–Crippen MR) is 79.6 cm³/mol. The Morgan fingerprint density at radius 2 is 1.96 bits per heavy atom. The quantitative estimate of drug-likeness (QED) is 0.837. The minimum Gasteiger partial charge on any atom is -0.266 e. The van der Waals surface area contributed by atoms with Crippen molar-refractivity contribution in [2.45, 2.75) is 23.9 Å². The average Bonchev–Trinajstić information content (AvgIpc) is 2.53. The van der Waals surface area contributed by atoms with Gasteiger partial charge in [0.2, 0.25) is 0 Å². The Morgan fingerprint density at radius 1 is 1.17 bits per heavy atom. The van der Waals surface area contributed by atoms with Gasteiger partial charge in [-0.3, -0.25) is 4.31 Å². The van der Waals surface area contributed by atoms with Gasteiger partial charge >= 0.3 is 6.18 Å². The number of alkyl halides is 3. The van der Waals surface area contributed by atoms with Gasteiger partial charge in [-0.05, 0) is 54.8 Å². The smallest absolute Gasteiger partial charge is 0.266 e. The molecule has 0 atom stereocenters. The van der Waals surface area contributed by atoms with E-state index in [1.807, 2.05) is 0 Å². The van der Waals surface area contributed by atoms with E-state index in [0.29, 0.717) is 18.2 Å². The van der Waals surface area contributed by atoms with E-state index in [2.05, 4.69) is 6.07 Å². The molecule has 0 aromatic heterocycles. The van der Waals surface area contributed by atoms with Crippen molar-refractivity contribution in [2.24, 2.45) is 0 Å². The summed E-state index contributed by atoms with van der Waals surface area (Å²) in [5, 5.41) is 0. The summed E-state index contributed by atoms with van der Waals surface area (Å²) in [5.74, 6) is 0. The number of rotatable bonds is 2. The second kappa shape index (κ2) is 5.56. The highest BCUT2D eigenvalue weighted by atomic mass is 32.2. The van der Waals surface area contributed by atoms with Crippen LogP contribution in [0.25, 0.3) is 0 Å². The van der Waals surface area contributed by atoms with E-state index >= 15 is 0 Å². The molecule has 1 aliphatic rings. The van der Waals surface area contributed by atoms with Gasteiger partial charge in [0.1, 0.15) is 0 Å². The molecular formula is C16H13F3NO2S. The first-order chi connectivity index (χ1) is 10.8. The van der Waals surface area contributed by atoms with Crippen molar-refractivity contribution in [3.63, 3.8) is 0 Å². The summed E-state index contributed by atoms with van der Waals surface area (Å²) in [6.07, 6.45) is -3.25. The van der Waals surface area contributed by atoms with Crippen LogP contribution in [0.1, 0.15) is 17.5 Å². The number of benzene rings is 2. The van der Waals surface area contributed by atoms with Gasteiger partial charge in [-0.15, -0.1) is 0 Å². The molecular weight excluding hydrogens is 327 g/mol. The molecule has 121 valence electrons. The summed E-state index contributed by atoms with van der Waals surface area (Å²) in [4.78, 5) is -0.354. The zero-order valence-electron chi connectivity index (χ0n) is 12.0. The van der Waals surface area contributed by atoms with Gasteiger partial charge in [0, 0.05) is 6.54 Å². The van der Waals surface area contributed by atoms with Crippen molar-refractivity contribution in [1.29, 1.82) is 0 Å². The molecule has 2 aromatic rings. The second-order valence-corrected chi connectivity index (χ2v) is 7.12. The zero-order chi connectivity index (χ0) is 16.7. The minimum absolute atomic E-state index is 0.246. The van der Waals surface area contributed by atoms with E-state index in [0.717, 1.165) is 24.1 Å². The van der Waals surface area contributed by atoms with E-state index < -0.39 is 21.8 Å². The Morgan fingerprint density at radius 3 is 2.70 bits per heavy atom. The molecule has 7 heteroatoms. The van der Waals surface area contributed by atoms with E-state index in [4.69, 9.17) is 0 Å². The highest BCUT2D eigenvalue weighted by Gasteiger charge is 2.34. The Kier molecular flexibility index (Phi) is 3.83. The molecule has 0 N–H and O–H groups in total.